The lowest BCUT2D eigenvalue weighted by molar-refractivity contribution is 0.322. The van der Waals surface area contributed by atoms with E-state index in [4.69, 9.17) is 0 Å². The molecule has 0 atom stereocenters. The third-order valence-corrected chi connectivity index (χ3v) is 3.95. The van der Waals surface area contributed by atoms with Crippen molar-refractivity contribution in [3.8, 4) is 0 Å². The smallest absolute Gasteiger partial charge is 0.161 e. The van der Waals surface area contributed by atoms with Gasteiger partial charge in [-0.05, 0) is 37.9 Å². The van der Waals surface area contributed by atoms with E-state index in [-0.39, 0.29) is 0 Å². The highest BCUT2D eigenvalue weighted by Crippen LogP contribution is 2.23. The molecule has 3 aromatic heterocycles. The Hall–Kier alpha value is -1.95. The first-order chi connectivity index (χ1) is 9.42. The number of hydrogen-bond donors (Lipinski definition) is 2. The van der Waals surface area contributed by atoms with Crippen molar-refractivity contribution >= 4 is 22.1 Å². The SMILES string of the molecule is c1cc2c(n1)ncc1n[nH]n(CC3CCNCC3)c12. The first-order valence-electron chi connectivity index (χ1n) is 6.77. The maximum Gasteiger partial charge on any atom is 0.161 e. The van der Waals surface area contributed by atoms with Crippen molar-refractivity contribution < 1.29 is 0 Å². The van der Waals surface area contributed by atoms with E-state index in [2.05, 4.69) is 30.3 Å². The lowest BCUT2D eigenvalue weighted by Gasteiger charge is -2.22. The number of aromatic nitrogens is 5. The first-order valence-corrected chi connectivity index (χ1v) is 6.77. The molecule has 2 N–H and O–H groups in total. The second kappa shape index (κ2) is 4.31. The second-order valence-electron chi connectivity index (χ2n) is 5.19. The van der Waals surface area contributed by atoms with Crippen LogP contribution in [0.15, 0.2) is 18.5 Å². The van der Waals surface area contributed by atoms with E-state index in [1.54, 1.807) is 12.4 Å². The van der Waals surface area contributed by atoms with Gasteiger partial charge in [0.15, 0.2) is 5.65 Å². The summed E-state index contributed by atoms with van der Waals surface area (Å²) in [5, 5.41) is 12.0. The largest absolute Gasteiger partial charge is 0.317 e. The van der Waals surface area contributed by atoms with Gasteiger partial charge in [-0.25, -0.2) is 15.2 Å². The number of hydrogen-bond acceptors (Lipinski definition) is 4. The van der Waals surface area contributed by atoms with Gasteiger partial charge in [0.25, 0.3) is 0 Å². The Morgan fingerprint density at radius 3 is 3.05 bits per heavy atom. The van der Waals surface area contributed by atoms with Gasteiger partial charge >= 0.3 is 0 Å². The molecule has 19 heavy (non-hydrogen) atoms. The number of rotatable bonds is 2. The Balaban J connectivity index is 1.78. The van der Waals surface area contributed by atoms with Crippen LogP contribution in [0.25, 0.3) is 22.1 Å². The van der Waals surface area contributed by atoms with Crippen LogP contribution in [0.2, 0.25) is 0 Å². The summed E-state index contributed by atoms with van der Waals surface area (Å²) in [7, 11) is 0. The summed E-state index contributed by atoms with van der Waals surface area (Å²) in [6.07, 6.45) is 6.04. The van der Waals surface area contributed by atoms with Gasteiger partial charge in [0.05, 0.1) is 11.7 Å². The van der Waals surface area contributed by atoms with E-state index >= 15 is 0 Å². The van der Waals surface area contributed by atoms with Crippen LogP contribution in [0.1, 0.15) is 12.8 Å². The molecule has 0 bridgehead atoms. The van der Waals surface area contributed by atoms with Gasteiger partial charge in [0.2, 0.25) is 0 Å². The highest BCUT2D eigenvalue weighted by Gasteiger charge is 2.16. The standard InChI is InChI=1S/C13H16N6/c1-4-14-5-2-9(1)8-19-12-10-3-6-15-13(10)16-7-11(12)17-18-19/h3,6-7,9,14,18H,1-2,4-5,8H2. The van der Waals surface area contributed by atoms with Gasteiger partial charge in [-0.3, -0.25) is 4.68 Å². The molecule has 1 fully saturated rings. The average molecular weight is 256 g/mol. The summed E-state index contributed by atoms with van der Waals surface area (Å²) in [5.74, 6) is 0.709. The van der Waals surface area contributed by atoms with Crippen molar-refractivity contribution in [1.82, 2.24) is 30.3 Å². The van der Waals surface area contributed by atoms with Crippen LogP contribution in [-0.2, 0) is 6.54 Å². The lowest BCUT2D eigenvalue weighted by Crippen LogP contribution is -2.30. The summed E-state index contributed by atoms with van der Waals surface area (Å²) in [4.78, 5) is 8.57. The molecule has 0 radical (unpaired) electrons. The number of fused-ring (bicyclic) bond motifs is 3. The fourth-order valence-electron chi connectivity index (χ4n) is 2.92. The lowest BCUT2D eigenvalue weighted by atomic mass is 9.98. The van der Waals surface area contributed by atoms with Crippen LogP contribution in [0.5, 0.6) is 0 Å². The van der Waals surface area contributed by atoms with Crippen LogP contribution in [0.4, 0.5) is 0 Å². The topological polar surface area (TPSA) is 71.4 Å². The minimum Gasteiger partial charge on any atom is -0.317 e. The zero-order valence-electron chi connectivity index (χ0n) is 10.6. The van der Waals surface area contributed by atoms with Crippen molar-refractivity contribution in [2.24, 2.45) is 5.92 Å². The summed E-state index contributed by atoms with van der Waals surface area (Å²) in [6.45, 7) is 3.22. The zero-order chi connectivity index (χ0) is 12.7. The molecule has 6 heteroatoms. The molecule has 0 aromatic carbocycles. The van der Waals surface area contributed by atoms with E-state index in [0.717, 1.165) is 41.7 Å². The van der Waals surface area contributed by atoms with E-state index in [1.165, 1.54) is 12.8 Å². The molecule has 0 aliphatic carbocycles. The molecule has 0 saturated carbocycles. The highest BCUT2D eigenvalue weighted by atomic mass is 15.4. The summed E-state index contributed by atoms with van der Waals surface area (Å²) < 4.78 is 2.15. The van der Waals surface area contributed by atoms with E-state index in [0.29, 0.717) is 5.92 Å². The number of nitrogens with zero attached hydrogens (tertiary/aromatic N) is 4. The predicted octanol–water partition coefficient (Wildman–Crippen LogP) is 1.31. The van der Waals surface area contributed by atoms with Crippen LogP contribution >= 0.6 is 0 Å². The Bertz CT molecular complexity index is 706. The number of aromatic amines is 1. The van der Waals surface area contributed by atoms with Crippen molar-refractivity contribution in [3.05, 3.63) is 18.5 Å². The maximum absolute atomic E-state index is 4.35. The maximum atomic E-state index is 4.35. The summed E-state index contributed by atoms with van der Waals surface area (Å²) in [5.41, 5.74) is 2.84. The minimum atomic E-state index is 0.709. The molecule has 1 aliphatic heterocycles. The molecule has 0 amide bonds. The first kappa shape index (κ1) is 10.9. The monoisotopic (exact) mass is 256 g/mol. The minimum absolute atomic E-state index is 0.709. The van der Waals surface area contributed by atoms with Gasteiger partial charge in [-0.2, -0.15) is 5.10 Å². The Labute approximate surface area is 110 Å². The molecular formula is C13H16N6. The molecule has 0 unspecified atom stereocenters. The molecular weight excluding hydrogens is 240 g/mol. The fraction of sp³-hybridized carbons (Fsp3) is 0.462. The van der Waals surface area contributed by atoms with Crippen LogP contribution in [0, 0.1) is 5.92 Å². The molecule has 1 saturated heterocycles. The normalized spacial score (nSPS) is 17.5. The number of H-pyrrole nitrogens is 1. The molecule has 0 spiro atoms. The van der Waals surface area contributed by atoms with Gasteiger partial charge < -0.3 is 5.32 Å². The van der Waals surface area contributed by atoms with Crippen LogP contribution in [0.3, 0.4) is 0 Å². The second-order valence-corrected chi connectivity index (χ2v) is 5.19. The summed E-state index contributed by atoms with van der Waals surface area (Å²) in [6, 6.07) is 2.01. The third-order valence-electron chi connectivity index (χ3n) is 3.95. The van der Waals surface area contributed by atoms with Crippen molar-refractivity contribution in [2.45, 2.75) is 19.4 Å². The number of piperidine rings is 1. The number of nitrogens with one attached hydrogen (secondary N) is 2. The van der Waals surface area contributed by atoms with Gasteiger partial charge in [-0.15, -0.1) is 0 Å². The fourth-order valence-corrected chi connectivity index (χ4v) is 2.92. The Morgan fingerprint density at radius 2 is 2.16 bits per heavy atom. The zero-order valence-corrected chi connectivity index (χ0v) is 10.6. The Kier molecular flexibility index (Phi) is 2.48. The van der Waals surface area contributed by atoms with Crippen LogP contribution < -0.4 is 5.32 Å². The number of pyridine rings is 1. The van der Waals surface area contributed by atoms with E-state index in [1.807, 2.05) is 6.07 Å². The van der Waals surface area contributed by atoms with Gasteiger partial charge in [-0.1, -0.05) is 0 Å². The van der Waals surface area contributed by atoms with E-state index in [9.17, 15) is 0 Å². The quantitative estimate of drug-likeness (QED) is 0.725. The molecule has 3 aromatic rings. The van der Waals surface area contributed by atoms with Gasteiger partial charge in [0.1, 0.15) is 5.52 Å². The third kappa shape index (κ3) is 1.79. The molecule has 98 valence electrons. The van der Waals surface area contributed by atoms with Gasteiger partial charge in [0, 0.05) is 18.1 Å². The molecule has 1 aliphatic rings. The molecule has 4 heterocycles. The molecule has 4 rings (SSSR count). The Morgan fingerprint density at radius 1 is 1.26 bits per heavy atom. The predicted molar refractivity (Wildman–Crippen MR) is 72.8 cm³/mol. The highest BCUT2D eigenvalue weighted by molar-refractivity contribution is 6.00. The average Bonchev–Trinajstić information content (AvgIpc) is 3.06. The van der Waals surface area contributed by atoms with Crippen molar-refractivity contribution in [2.75, 3.05) is 13.1 Å². The summed E-state index contributed by atoms with van der Waals surface area (Å²) >= 11 is 0. The van der Waals surface area contributed by atoms with Crippen LogP contribution in [-0.4, -0.2) is 38.1 Å². The molecule has 6 nitrogen and oxygen atoms in total. The van der Waals surface area contributed by atoms with Crippen molar-refractivity contribution in [1.29, 1.82) is 0 Å². The van der Waals surface area contributed by atoms with Crippen molar-refractivity contribution in [3.63, 3.8) is 0 Å². The van der Waals surface area contributed by atoms with E-state index < -0.39 is 0 Å².